The molecule has 1 aromatic heterocycles. The molecule has 1 aliphatic rings. The van der Waals surface area contributed by atoms with Crippen molar-refractivity contribution in [3.8, 4) is 11.4 Å². The van der Waals surface area contributed by atoms with Gasteiger partial charge in [-0.15, -0.1) is 10.2 Å². The molecule has 4 aromatic rings. The van der Waals surface area contributed by atoms with Crippen molar-refractivity contribution in [2.45, 2.75) is 39.5 Å². The molecule has 5 rings (SSSR count). The zero-order chi connectivity index (χ0) is 27.4. The van der Waals surface area contributed by atoms with Crippen molar-refractivity contribution >= 4 is 17.5 Å². The van der Waals surface area contributed by atoms with E-state index in [2.05, 4.69) is 39.8 Å². The molecule has 1 saturated heterocycles. The predicted molar refractivity (Wildman–Crippen MR) is 150 cm³/mol. The zero-order valence-electron chi connectivity index (χ0n) is 22.6. The third kappa shape index (κ3) is 6.17. The molecule has 8 heteroatoms. The summed E-state index contributed by atoms with van der Waals surface area (Å²) in [5.74, 6) is 1.01. The molecular weight excluding hydrogens is 490 g/mol. The molecule has 0 unspecified atom stereocenters. The van der Waals surface area contributed by atoms with Gasteiger partial charge in [-0.3, -0.25) is 14.2 Å². The highest BCUT2D eigenvalue weighted by atomic mass is 16.5. The molecule has 0 bridgehead atoms. The molecular formula is C31H33N5O3. The lowest BCUT2D eigenvalue weighted by Gasteiger charge is -2.32. The van der Waals surface area contributed by atoms with Crippen LogP contribution in [0.3, 0.4) is 0 Å². The third-order valence-corrected chi connectivity index (χ3v) is 7.23. The van der Waals surface area contributed by atoms with Gasteiger partial charge >= 0.3 is 0 Å². The highest BCUT2D eigenvalue weighted by molar-refractivity contribution is 5.94. The number of rotatable bonds is 7. The van der Waals surface area contributed by atoms with E-state index in [0.29, 0.717) is 24.6 Å². The molecule has 2 amide bonds. The average molecular weight is 524 g/mol. The number of nitrogens with zero attached hydrogens (tertiary/aromatic N) is 4. The van der Waals surface area contributed by atoms with Gasteiger partial charge in [0.25, 0.3) is 11.8 Å². The van der Waals surface area contributed by atoms with E-state index in [1.54, 1.807) is 17.2 Å². The van der Waals surface area contributed by atoms with Crippen LogP contribution in [0.2, 0.25) is 0 Å². The summed E-state index contributed by atoms with van der Waals surface area (Å²) in [4.78, 5) is 27.4. The maximum atomic E-state index is 13.0. The van der Waals surface area contributed by atoms with Gasteiger partial charge in [0.1, 0.15) is 18.4 Å². The maximum Gasteiger partial charge on any atom is 0.262 e. The lowest BCUT2D eigenvalue weighted by Crippen LogP contribution is -2.37. The Morgan fingerprint density at radius 3 is 2.13 bits per heavy atom. The molecule has 0 radical (unpaired) electrons. The first-order valence-electron chi connectivity index (χ1n) is 13.2. The van der Waals surface area contributed by atoms with Crippen molar-refractivity contribution < 1.29 is 14.3 Å². The van der Waals surface area contributed by atoms with E-state index in [4.69, 9.17) is 4.74 Å². The summed E-state index contributed by atoms with van der Waals surface area (Å²) in [6.45, 7) is 7.42. The van der Waals surface area contributed by atoms with E-state index in [0.717, 1.165) is 41.1 Å². The Hall–Kier alpha value is -4.46. The quantitative estimate of drug-likeness (QED) is 0.358. The van der Waals surface area contributed by atoms with E-state index in [1.165, 1.54) is 11.1 Å². The van der Waals surface area contributed by atoms with Crippen LogP contribution in [0, 0.1) is 20.8 Å². The standard InChI is InChI=1S/C31H33N5O3/c1-21-16-22(2)30(23(3)17-21)39-18-29(37)34-27-8-4-24(5-9-27)25-12-14-35(15-13-25)31(38)26-6-10-28(11-7-26)36-19-32-33-20-36/h4-11,16-17,19-20,25H,12-15,18H2,1-3H3,(H,34,37). The Kier molecular flexibility index (Phi) is 7.72. The highest BCUT2D eigenvalue weighted by Crippen LogP contribution is 2.30. The molecule has 0 saturated carbocycles. The number of aryl methyl sites for hydroxylation is 3. The smallest absolute Gasteiger partial charge is 0.262 e. The fourth-order valence-corrected chi connectivity index (χ4v) is 5.28. The molecule has 0 atom stereocenters. The van der Waals surface area contributed by atoms with E-state index < -0.39 is 0 Å². The Balaban J connectivity index is 1.10. The molecule has 3 aromatic carbocycles. The summed E-state index contributed by atoms with van der Waals surface area (Å²) in [6, 6.07) is 19.6. The maximum absolute atomic E-state index is 13.0. The lowest BCUT2D eigenvalue weighted by atomic mass is 9.89. The van der Waals surface area contributed by atoms with Crippen LogP contribution in [0.5, 0.6) is 5.75 Å². The van der Waals surface area contributed by atoms with E-state index >= 15 is 0 Å². The fraction of sp³-hybridized carbons (Fsp3) is 0.290. The number of hydrogen-bond donors (Lipinski definition) is 1. The van der Waals surface area contributed by atoms with Gasteiger partial charge in [0, 0.05) is 30.0 Å². The summed E-state index contributed by atoms with van der Waals surface area (Å²) >= 11 is 0. The molecule has 1 N–H and O–H groups in total. The number of piperidine rings is 1. The van der Waals surface area contributed by atoms with Gasteiger partial charge in [-0.2, -0.15) is 0 Å². The van der Waals surface area contributed by atoms with Gasteiger partial charge in [-0.25, -0.2) is 0 Å². The van der Waals surface area contributed by atoms with Gasteiger partial charge in [-0.05, 0) is 92.6 Å². The molecule has 8 nitrogen and oxygen atoms in total. The number of carbonyl (C=O) groups is 2. The minimum Gasteiger partial charge on any atom is -0.483 e. The van der Waals surface area contributed by atoms with Gasteiger partial charge in [0.05, 0.1) is 0 Å². The number of nitrogens with one attached hydrogen (secondary N) is 1. The van der Waals surface area contributed by atoms with E-state index in [9.17, 15) is 9.59 Å². The lowest BCUT2D eigenvalue weighted by molar-refractivity contribution is -0.118. The second-order valence-corrected chi connectivity index (χ2v) is 10.2. The first-order chi connectivity index (χ1) is 18.9. The van der Waals surface area contributed by atoms with Gasteiger partial charge in [0.2, 0.25) is 0 Å². The van der Waals surface area contributed by atoms with Crippen LogP contribution < -0.4 is 10.1 Å². The first kappa shape index (κ1) is 26.2. The van der Waals surface area contributed by atoms with Crippen molar-refractivity contribution in [1.29, 1.82) is 0 Å². The molecule has 1 fully saturated rings. The molecule has 39 heavy (non-hydrogen) atoms. The Labute approximate surface area is 228 Å². The van der Waals surface area contributed by atoms with Crippen LogP contribution in [-0.4, -0.2) is 51.2 Å². The number of aromatic nitrogens is 3. The second-order valence-electron chi connectivity index (χ2n) is 10.2. The number of likely N-dealkylation sites (tertiary alicyclic amines) is 1. The van der Waals surface area contributed by atoms with Crippen molar-refractivity contribution in [2.24, 2.45) is 0 Å². The summed E-state index contributed by atoms with van der Waals surface area (Å²) < 4.78 is 7.61. The second kappa shape index (κ2) is 11.5. The number of ether oxygens (including phenoxy) is 1. The molecule has 2 heterocycles. The van der Waals surface area contributed by atoms with Crippen molar-refractivity contribution in [3.05, 3.63) is 101 Å². The minimum atomic E-state index is -0.191. The van der Waals surface area contributed by atoms with Crippen LogP contribution in [0.15, 0.2) is 73.3 Å². The number of anilines is 1. The Morgan fingerprint density at radius 2 is 1.51 bits per heavy atom. The topological polar surface area (TPSA) is 89.4 Å². The van der Waals surface area contributed by atoms with Crippen molar-refractivity contribution in [2.75, 3.05) is 25.0 Å². The van der Waals surface area contributed by atoms with E-state index in [-0.39, 0.29) is 18.4 Å². The number of amides is 2. The van der Waals surface area contributed by atoms with Crippen molar-refractivity contribution in [3.63, 3.8) is 0 Å². The Bertz CT molecular complexity index is 1420. The van der Waals surface area contributed by atoms with Crippen LogP contribution in [-0.2, 0) is 4.79 Å². The highest BCUT2D eigenvalue weighted by Gasteiger charge is 2.24. The number of carbonyl (C=O) groups excluding carboxylic acids is 2. The predicted octanol–water partition coefficient (Wildman–Crippen LogP) is 5.23. The summed E-state index contributed by atoms with van der Waals surface area (Å²) in [6.07, 6.45) is 5.06. The summed E-state index contributed by atoms with van der Waals surface area (Å²) in [7, 11) is 0. The summed E-state index contributed by atoms with van der Waals surface area (Å²) in [5, 5.41) is 10.6. The SMILES string of the molecule is Cc1cc(C)c(OCC(=O)Nc2ccc(C3CCN(C(=O)c4ccc(-n5cnnc5)cc4)CC3)cc2)c(C)c1. The van der Waals surface area contributed by atoms with Gasteiger partial charge in [-0.1, -0.05) is 29.8 Å². The van der Waals surface area contributed by atoms with Crippen LogP contribution in [0.4, 0.5) is 5.69 Å². The first-order valence-corrected chi connectivity index (χ1v) is 13.2. The normalized spacial score (nSPS) is 13.8. The number of hydrogen-bond acceptors (Lipinski definition) is 5. The fourth-order valence-electron chi connectivity index (χ4n) is 5.28. The van der Waals surface area contributed by atoms with Gasteiger partial charge in [0.15, 0.2) is 6.61 Å². The van der Waals surface area contributed by atoms with Crippen LogP contribution in [0.25, 0.3) is 5.69 Å². The monoisotopic (exact) mass is 523 g/mol. The largest absolute Gasteiger partial charge is 0.483 e. The third-order valence-electron chi connectivity index (χ3n) is 7.23. The molecule has 0 aliphatic carbocycles. The zero-order valence-corrected chi connectivity index (χ0v) is 22.6. The van der Waals surface area contributed by atoms with Crippen molar-refractivity contribution in [1.82, 2.24) is 19.7 Å². The molecule has 0 spiro atoms. The van der Waals surface area contributed by atoms with E-state index in [1.807, 2.05) is 62.1 Å². The summed E-state index contributed by atoms with van der Waals surface area (Å²) in [5.41, 5.74) is 6.79. The minimum absolute atomic E-state index is 0.0392. The van der Waals surface area contributed by atoms with Crippen LogP contribution in [0.1, 0.15) is 51.4 Å². The number of benzene rings is 3. The average Bonchev–Trinajstić information content (AvgIpc) is 3.48. The molecule has 200 valence electrons. The Morgan fingerprint density at radius 1 is 0.897 bits per heavy atom. The van der Waals surface area contributed by atoms with Gasteiger partial charge < -0.3 is 15.0 Å². The van der Waals surface area contributed by atoms with Crippen LogP contribution >= 0.6 is 0 Å². The molecule has 1 aliphatic heterocycles.